The van der Waals surface area contributed by atoms with Gasteiger partial charge in [0.15, 0.2) is 0 Å². The predicted octanol–water partition coefficient (Wildman–Crippen LogP) is 4.24. The van der Waals surface area contributed by atoms with Crippen molar-refractivity contribution in [1.82, 2.24) is 0 Å². The van der Waals surface area contributed by atoms with E-state index < -0.39 is 0 Å². The second-order valence-corrected chi connectivity index (χ2v) is 4.27. The molecule has 0 N–H and O–H groups in total. The number of hydrogen-bond acceptors (Lipinski definition) is 1. The van der Waals surface area contributed by atoms with Gasteiger partial charge in [0, 0.05) is 0 Å². The molecule has 0 heterocycles. The first-order valence-electron chi connectivity index (χ1n) is 5.70. The summed E-state index contributed by atoms with van der Waals surface area (Å²) < 4.78 is 0. The van der Waals surface area contributed by atoms with Crippen LogP contribution in [0.3, 0.4) is 0 Å². The summed E-state index contributed by atoms with van der Waals surface area (Å²) in [6.07, 6.45) is 2.91. The summed E-state index contributed by atoms with van der Waals surface area (Å²) >= 11 is 0. The number of nitrogens with zero attached hydrogens (tertiary/aromatic N) is 1. The van der Waals surface area contributed by atoms with E-state index in [0.717, 1.165) is 17.6 Å². The second-order valence-electron chi connectivity index (χ2n) is 4.27. The number of allylic oxidation sites excluding steroid dienone is 2. The molecule has 0 saturated heterocycles. The summed E-state index contributed by atoms with van der Waals surface area (Å²) in [5.74, 6) is 0. The van der Waals surface area contributed by atoms with Gasteiger partial charge in [0.1, 0.15) is 0 Å². The standard InChI is InChI=1S/C15H19N/c1-6-7-14(9-16)15-12(4)10(2)8-11(3)13(15)5/h7-8H,6H2,1-5H3/b14-7+. The normalized spacial score (nSPS) is 11.4. The Labute approximate surface area is 98.4 Å². The van der Waals surface area contributed by atoms with E-state index in [1.807, 2.05) is 6.08 Å². The molecule has 0 amide bonds. The van der Waals surface area contributed by atoms with Gasteiger partial charge in [-0.05, 0) is 61.9 Å². The van der Waals surface area contributed by atoms with Crippen LogP contribution in [0.25, 0.3) is 5.57 Å². The average Bonchev–Trinajstić information content (AvgIpc) is 2.25. The van der Waals surface area contributed by atoms with Gasteiger partial charge >= 0.3 is 0 Å². The molecular formula is C15H19N. The third-order valence-corrected chi connectivity index (χ3v) is 3.16. The van der Waals surface area contributed by atoms with E-state index in [0.29, 0.717) is 0 Å². The molecule has 0 radical (unpaired) electrons. The van der Waals surface area contributed by atoms with Crippen LogP contribution in [0.2, 0.25) is 0 Å². The molecule has 0 aliphatic carbocycles. The van der Waals surface area contributed by atoms with Crippen LogP contribution < -0.4 is 0 Å². The number of benzene rings is 1. The zero-order valence-corrected chi connectivity index (χ0v) is 10.8. The predicted molar refractivity (Wildman–Crippen MR) is 69.3 cm³/mol. The van der Waals surface area contributed by atoms with Crippen molar-refractivity contribution in [2.75, 3.05) is 0 Å². The van der Waals surface area contributed by atoms with Crippen molar-refractivity contribution >= 4 is 5.57 Å². The highest BCUT2D eigenvalue weighted by atomic mass is 14.3. The van der Waals surface area contributed by atoms with Crippen LogP contribution in [0.1, 0.15) is 41.2 Å². The highest BCUT2D eigenvalue weighted by molar-refractivity contribution is 5.81. The highest BCUT2D eigenvalue weighted by Crippen LogP contribution is 2.27. The zero-order valence-electron chi connectivity index (χ0n) is 10.8. The van der Waals surface area contributed by atoms with Crippen molar-refractivity contribution in [2.24, 2.45) is 0 Å². The minimum atomic E-state index is 0.810. The number of rotatable bonds is 2. The third kappa shape index (κ3) is 2.17. The van der Waals surface area contributed by atoms with Crippen LogP contribution in [0.15, 0.2) is 12.1 Å². The van der Waals surface area contributed by atoms with E-state index in [-0.39, 0.29) is 0 Å². The maximum Gasteiger partial charge on any atom is 0.0994 e. The van der Waals surface area contributed by atoms with Crippen LogP contribution in [0.5, 0.6) is 0 Å². The highest BCUT2D eigenvalue weighted by Gasteiger charge is 2.11. The summed E-state index contributed by atoms with van der Waals surface area (Å²) in [5.41, 5.74) is 6.91. The van der Waals surface area contributed by atoms with Gasteiger partial charge in [-0.15, -0.1) is 0 Å². The summed E-state index contributed by atoms with van der Waals surface area (Å²) in [6, 6.07) is 4.51. The summed E-state index contributed by atoms with van der Waals surface area (Å²) in [5, 5.41) is 9.22. The van der Waals surface area contributed by atoms with Gasteiger partial charge in [-0.1, -0.05) is 19.1 Å². The fourth-order valence-corrected chi connectivity index (χ4v) is 2.03. The van der Waals surface area contributed by atoms with Gasteiger partial charge in [0.05, 0.1) is 11.6 Å². The first-order chi connectivity index (χ1) is 7.52. The van der Waals surface area contributed by atoms with E-state index in [4.69, 9.17) is 0 Å². The Kier molecular flexibility index (Phi) is 3.90. The molecule has 0 atom stereocenters. The van der Waals surface area contributed by atoms with E-state index in [2.05, 4.69) is 46.8 Å². The maximum atomic E-state index is 9.22. The molecule has 84 valence electrons. The Morgan fingerprint density at radius 3 is 2.06 bits per heavy atom. The monoisotopic (exact) mass is 213 g/mol. The molecule has 0 fully saturated rings. The molecule has 1 aromatic rings. The Morgan fingerprint density at radius 2 is 1.69 bits per heavy atom. The van der Waals surface area contributed by atoms with Crippen LogP contribution >= 0.6 is 0 Å². The van der Waals surface area contributed by atoms with Crippen LogP contribution in [0, 0.1) is 39.0 Å². The smallest absolute Gasteiger partial charge is 0.0994 e. The maximum absolute atomic E-state index is 9.22. The van der Waals surface area contributed by atoms with E-state index in [9.17, 15) is 5.26 Å². The molecule has 1 heteroatoms. The SMILES string of the molecule is CC/C=C(\C#N)c1c(C)c(C)cc(C)c1C. The molecule has 16 heavy (non-hydrogen) atoms. The van der Waals surface area contributed by atoms with Gasteiger partial charge in [-0.2, -0.15) is 5.26 Å². The summed E-state index contributed by atoms with van der Waals surface area (Å²) in [6.45, 7) is 10.5. The van der Waals surface area contributed by atoms with Gasteiger partial charge in [-0.25, -0.2) is 0 Å². The van der Waals surface area contributed by atoms with Crippen molar-refractivity contribution < 1.29 is 0 Å². The zero-order chi connectivity index (χ0) is 12.3. The topological polar surface area (TPSA) is 23.8 Å². The van der Waals surface area contributed by atoms with Crippen molar-refractivity contribution in [3.63, 3.8) is 0 Å². The average molecular weight is 213 g/mol. The molecule has 0 bridgehead atoms. The Bertz CT molecular complexity index is 447. The molecule has 0 aromatic heterocycles. The van der Waals surface area contributed by atoms with E-state index in [1.54, 1.807) is 0 Å². The summed E-state index contributed by atoms with van der Waals surface area (Å²) in [4.78, 5) is 0. The number of nitriles is 1. The van der Waals surface area contributed by atoms with Crippen molar-refractivity contribution in [2.45, 2.75) is 41.0 Å². The molecule has 0 aliphatic heterocycles. The third-order valence-electron chi connectivity index (χ3n) is 3.16. The van der Waals surface area contributed by atoms with Crippen molar-refractivity contribution in [1.29, 1.82) is 5.26 Å². The van der Waals surface area contributed by atoms with Crippen molar-refractivity contribution in [3.05, 3.63) is 40.0 Å². The molecule has 0 unspecified atom stereocenters. The van der Waals surface area contributed by atoms with Crippen LogP contribution in [-0.2, 0) is 0 Å². The minimum absolute atomic E-state index is 0.810. The molecule has 0 aliphatic rings. The Hall–Kier alpha value is -1.55. The first-order valence-corrected chi connectivity index (χ1v) is 5.70. The quantitative estimate of drug-likeness (QED) is 0.674. The number of hydrogen-bond donors (Lipinski definition) is 0. The molecular weight excluding hydrogens is 194 g/mol. The second kappa shape index (κ2) is 4.99. The van der Waals surface area contributed by atoms with E-state index in [1.165, 1.54) is 22.3 Å². The van der Waals surface area contributed by atoms with Crippen molar-refractivity contribution in [3.8, 4) is 6.07 Å². The summed E-state index contributed by atoms with van der Waals surface area (Å²) in [7, 11) is 0. The Balaban J connectivity index is 3.55. The lowest BCUT2D eigenvalue weighted by Gasteiger charge is -2.14. The largest absolute Gasteiger partial charge is 0.192 e. The lowest BCUT2D eigenvalue weighted by molar-refractivity contribution is 1.20. The lowest BCUT2D eigenvalue weighted by atomic mass is 9.89. The molecule has 1 rings (SSSR count). The molecule has 1 nitrogen and oxygen atoms in total. The molecule has 0 saturated carbocycles. The van der Waals surface area contributed by atoms with Crippen LogP contribution in [-0.4, -0.2) is 0 Å². The van der Waals surface area contributed by atoms with Gasteiger partial charge in [0.25, 0.3) is 0 Å². The Morgan fingerprint density at radius 1 is 1.19 bits per heavy atom. The van der Waals surface area contributed by atoms with Crippen LogP contribution in [0.4, 0.5) is 0 Å². The van der Waals surface area contributed by atoms with Gasteiger partial charge in [-0.3, -0.25) is 0 Å². The van der Waals surface area contributed by atoms with Gasteiger partial charge < -0.3 is 0 Å². The fraction of sp³-hybridized carbons (Fsp3) is 0.400. The molecule has 1 aromatic carbocycles. The van der Waals surface area contributed by atoms with E-state index >= 15 is 0 Å². The number of aryl methyl sites for hydroxylation is 2. The fourth-order valence-electron chi connectivity index (χ4n) is 2.03. The first kappa shape index (κ1) is 12.5. The van der Waals surface area contributed by atoms with Gasteiger partial charge in [0.2, 0.25) is 0 Å². The minimum Gasteiger partial charge on any atom is -0.192 e. The molecule has 0 spiro atoms. The lowest BCUT2D eigenvalue weighted by Crippen LogP contribution is -1.98.